The van der Waals surface area contributed by atoms with Crippen LogP contribution < -0.4 is 14.8 Å². The van der Waals surface area contributed by atoms with Crippen molar-refractivity contribution in [1.82, 2.24) is 0 Å². The quantitative estimate of drug-likeness (QED) is 0.687. The number of amides is 1. The molecule has 10 heteroatoms. The van der Waals surface area contributed by atoms with Crippen LogP contribution in [0.3, 0.4) is 0 Å². The van der Waals surface area contributed by atoms with E-state index < -0.39 is 16.0 Å². The van der Waals surface area contributed by atoms with E-state index in [1.54, 1.807) is 0 Å². The Balaban J connectivity index is 2.40. The summed E-state index contributed by atoms with van der Waals surface area (Å²) in [4.78, 5) is 21.8. The van der Waals surface area contributed by atoms with Crippen molar-refractivity contribution >= 4 is 44.9 Å². The highest BCUT2D eigenvalue weighted by atomic mass is 35.5. The molecule has 8 nitrogen and oxygen atoms in total. The van der Waals surface area contributed by atoms with Crippen molar-refractivity contribution in [3.63, 3.8) is 0 Å². The van der Waals surface area contributed by atoms with Crippen LogP contribution in [-0.2, 0) is 14.8 Å². The number of aromatic carboxylic acids is 1. The molecule has 0 bridgehead atoms. The minimum atomic E-state index is -4.15. The third kappa shape index (κ3) is 4.44. The molecule has 1 amide bonds. The van der Waals surface area contributed by atoms with Gasteiger partial charge in [0.15, 0.2) is 0 Å². The lowest BCUT2D eigenvalue weighted by Gasteiger charge is -2.13. The van der Waals surface area contributed by atoms with E-state index in [1.807, 2.05) is 0 Å². The van der Waals surface area contributed by atoms with Gasteiger partial charge in [-0.25, -0.2) is 13.2 Å². The van der Waals surface area contributed by atoms with E-state index in [9.17, 15) is 18.0 Å². The number of nitrogens with one attached hydrogen (secondary N) is 2. The molecule has 0 radical (unpaired) electrons. The highest BCUT2D eigenvalue weighted by Crippen LogP contribution is 2.30. The first-order valence-corrected chi connectivity index (χ1v) is 9.01. The third-order valence-electron chi connectivity index (χ3n) is 3.23. The average Bonchev–Trinajstić information content (AvgIpc) is 2.56. The SMILES string of the molecule is COc1ccc(C(=O)O)cc1S(=O)(=O)Nc1ccc(NC(C)=O)c(Cl)c1. The van der Waals surface area contributed by atoms with E-state index >= 15 is 0 Å². The van der Waals surface area contributed by atoms with Crippen LogP contribution in [0.5, 0.6) is 5.75 Å². The number of methoxy groups -OCH3 is 1. The first-order valence-electron chi connectivity index (χ1n) is 7.15. The number of carboxylic acid groups (broad SMARTS) is 1. The third-order valence-corrected chi connectivity index (χ3v) is 4.95. The van der Waals surface area contributed by atoms with Gasteiger partial charge in [0.1, 0.15) is 10.6 Å². The summed E-state index contributed by atoms with van der Waals surface area (Å²) in [5.74, 6) is -1.61. The molecule has 0 fully saturated rings. The number of hydrogen-bond acceptors (Lipinski definition) is 5. The van der Waals surface area contributed by atoms with Gasteiger partial charge in [-0.15, -0.1) is 0 Å². The van der Waals surface area contributed by atoms with Crippen LogP contribution in [0.4, 0.5) is 11.4 Å². The minimum Gasteiger partial charge on any atom is -0.495 e. The van der Waals surface area contributed by atoms with Gasteiger partial charge in [0.2, 0.25) is 5.91 Å². The van der Waals surface area contributed by atoms with Gasteiger partial charge in [0.25, 0.3) is 10.0 Å². The molecule has 26 heavy (non-hydrogen) atoms. The molecule has 0 aliphatic rings. The van der Waals surface area contributed by atoms with Crippen LogP contribution in [0, 0.1) is 0 Å². The maximum Gasteiger partial charge on any atom is 0.335 e. The van der Waals surface area contributed by atoms with E-state index in [0.29, 0.717) is 5.69 Å². The summed E-state index contributed by atoms with van der Waals surface area (Å²) in [5.41, 5.74) is 0.254. The number of anilines is 2. The van der Waals surface area contributed by atoms with Gasteiger partial charge in [-0.3, -0.25) is 9.52 Å². The smallest absolute Gasteiger partial charge is 0.335 e. The molecule has 3 N–H and O–H groups in total. The lowest BCUT2D eigenvalue weighted by molar-refractivity contribution is -0.114. The van der Waals surface area contributed by atoms with Gasteiger partial charge < -0.3 is 15.2 Å². The van der Waals surface area contributed by atoms with Crippen LogP contribution in [0.15, 0.2) is 41.3 Å². The Kier molecular flexibility index (Phi) is 5.73. The van der Waals surface area contributed by atoms with Crippen LogP contribution in [-0.4, -0.2) is 32.5 Å². The fourth-order valence-electron chi connectivity index (χ4n) is 2.10. The van der Waals surface area contributed by atoms with Crippen LogP contribution in [0.1, 0.15) is 17.3 Å². The average molecular weight is 399 g/mol. The molecule has 0 aliphatic heterocycles. The maximum absolute atomic E-state index is 12.6. The molecule has 138 valence electrons. The Hall–Kier alpha value is -2.78. The first kappa shape index (κ1) is 19.5. The Morgan fingerprint density at radius 3 is 2.38 bits per heavy atom. The number of rotatable bonds is 6. The molecule has 0 saturated heterocycles. The summed E-state index contributed by atoms with van der Waals surface area (Å²) in [5, 5.41) is 11.7. The molecule has 0 aromatic heterocycles. The second-order valence-electron chi connectivity index (χ2n) is 5.15. The lowest BCUT2D eigenvalue weighted by atomic mass is 10.2. The second-order valence-corrected chi connectivity index (χ2v) is 7.21. The molecule has 0 spiro atoms. The molecule has 0 atom stereocenters. The van der Waals surface area contributed by atoms with Crippen LogP contribution in [0.2, 0.25) is 5.02 Å². The molecular formula is C16H15ClN2O6S. The lowest BCUT2D eigenvalue weighted by Crippen LogP contribution is -2.15. The Morgan fingerprint density at radius 2 is 1.85 bits per heavy atom. The Labute approximate surface area is 154 Å². The van der Waals surface area contributed by atoms with Crippen molar-refractivity contribution in [1.29, 1.82) is 0 Å². The van der Waals surface area contributed by atoms with Crippen molar-refractivity contribution in [2.75, 3.05) is 17.1 Å². The maximum atomic E-state index is 12.6. The molecule has 2 aromatic carbocycles. The number of carboxylic acids is 1. The Morgan fingerprint density at radius 1 is 1.15 bits per heavy atom. The first-order chi connectivity index (χ1) is 12.1. The zero-order valence-electron chi connectivity index (χ0n) is 13.7. The summed E-state index contributed by atoms with van der Waals surface area (Å²) < 4.78 is 32.6. The summed E-state index contributed by atoms with van der Waals surface area (Å²) in [6.45, 7) is 1.31. The van der Waals surface area contributed by atoms with Gasteiger partial charge in [0.05, 0.1) is 29.1 Å². The summed E-state index contributed by atoms with van der Waals surface area (Å²) in [7, 11) is -2.88. The normalized spacial score (nSPS) is 10.9. The van der Waals surface area contributed by atoms with E-state index in [0.717, 1.165) is 6.07 Å². The fraction of sp³-hybridized carbons (Fsp3) is 0.125. The topological polar surface area (TPSA) is 122 Å². The van der Waals surface area contributed by atoms with E-state index in [4.69, 9.17) is 21.4 Å². The summed E-state index contributed by atoms with van der Waals surface area (Å²) in [6, 6.07) is 7.65. The van der Waals surface area contributed by atoms with Crippen LogP contribution >= 0.6 is 11.6 Å². The van der Waals surface area contributed by atoms with E-state index in [-0.39, 0.29) is 32.8 Å². The molecule has 2 rings (SSSR count). The monoisotopic (exact) mass is 398 g/mol. The van der Waals surface area contributed by atoms with Crippen molar-refractivity contribution < 1.29 is 27.9 Å². The van der Waals surface area contributed by atoms with E-state index in [1.165, 1.54) is 44.4 Å². The molecule has 0 aliphatic carbocycles. The number of halogens is 1. The summed E-state index contributed by atoms with van der Waals surface area (Å²) in [6.07, 6.45) is 0. The van der Waals surface area contributed by atoms with Crippen molar-refractivity contribution in [3.8, 4) is 5.75 Å². The predicted molar refractivity (Wildman–Crippen MR) is 96.5 cm³/mol. The van der Waals surface area contributed by atoms with Crippen molar-refractivity contribution in [2.24, 2.45) is 0 Å². The number of sulfonamides is 1. The van der Waals surface area contributed by atoms with Crippen molar-refractivity contribution in [3.05, 3.63) is 47.0 Å². The van der Waals surface area contributed by atoms with Gasteiger partial charge in [0, 0.05) is 6.92 Å². The molecule has 0 saturated carbocycles. The zero-order chi connectivity index (χ0) is 19.5. The highest BCUT2D eigenvalue weighted by Gasteiger charge is 2.22. The highest BCUT2D eigenvalue weighted by molar-refractivity contribution is 7.92. The molecular weight excluding hydrogens is 384 g/mol. The second kappa shape index (κ2) is 7.63. The number of ether oxygens (including phenoxy) is 1. The van der Waals surface area contributed by atoms with Gasteiger partial charge in [-0.2, -0.15) is 0 Å². The zero-order valence-corrected chi connectivity index (χ0v) is 15.3. The Bertz CT molecular complexity index is 975. The molecule has 2 aromatic rings. The largest absolute Gasteiger partial charge is 0.495 e. The minimum absolute atomic E-state index is 0.0107. The van der Waals surface area contributed by atoms with Gasteiger partial charge in [-0.05, 0) is 36.4 Å². The number of carbonyl (C=O) groups excluding carboxylic acids is 1. The van der Waals surface area contributed by atoms with Crippen molar-refractivity contribution in [2.45, 2.75) is 11.8 Å². The fourth-order valence-corrected chi connectivity index (χ4v) is 3.57. The molecule has 0 heterocycles. The predicted octanol–water partition coefficient (Wildman–Crippen LogP) is 2.81. The van der Waals surface area contributed by atoms with Crippen LogP contribution in [0.25, 0.3) is 0 Å². The summed E-state index contributed by atoms with van der Waals surface area (Å²) >= 11 is 6.02. The number of benzene rings is 2. The van der Waals surface area contributed by atoms with Gasteiger partial charge >= 0.3 is 5.97 Å². The number of carbonyl (C=O) groups is 2. The van der Waals surface area contributed by atoms with E-state index in [2.05, 4.69) is 10.0 Å². The number of hydrogen-bond donors (Lipinski definition) is 3. The standard InChI is InChI=1S/C16H15ClN2O6S/c1-9(20)18-13-5-4-11(8-12(13)17)19-26(23,24)15-7-10(16(21)22)3-6-14(15)25-2/h3-8,19H,1-2H3,(H,18,20)(H,21,22). The molecule has 0 unspecified atom stereocenters. The van der Waals surface area contributed by atoms with Gasteiger partial charge in [-0.1, -0.05) is 11.6 Å².